The van der Waals surface area contributed by atoms with E-state index in [1.54, 1.807) is 31.4 Å². The molecule has 7 heteroatoms. The fraction of sp³-hybridized carbons (Fsp3) is 0.471. The lowest BCUT2D eigenvalue weighted by atomic mass is 10.1. The summed E-state index contributed by atoms with van der Waals surface area (Å²) in [4.78, 5) is 30.2. The summed E-state index contributed by atoms with van der Waals surface area (Å²) in [6.07, 6.45) is 0.839. The lowest BCUT2D eigenvalue weighted by Gasteiger charge is -2.16. The van der Waals surface area contributed by atoms with E-state index in [1.165, 1.54) is 4.90 Å². The minimum atomic E-state index is -0.237. The summed E-state index contributed by atoms with van der Waals surface area (Å²) in [5, 5.41) is 6.28. The zero-order valence-corrected chi connectivity index (χ0v) is 14.2. The third-order valence-electron chi connectivity index (χ3n) is 3.63. The Kier molecular flexibility index (Phi) is 6.74. The minimum Gasteiger partial charge on any atom is -0.385 e. The van der Waals surface area contributed by atoms with E-state index in [0.717, 1.165) is 13.0 Å². The molecule has 7 nitrogen and oxygen atoms in total. The van der Waals surface area contributed by atoms with Gasteiger partial charge in [0.2, 0.25) is 0 Å². The van der Waals surface area contributed by atoms with Gasteiger partial charge in [-0.05, 0) is 25.5 Å². The summed E-state index contributed by atoms with van der Waals surface area (Å²) >= 11 is 0. The molecule has 24 heavy (non-hydrogen) atoms. The first-order valence-corrected chi connectivity index (χ1v) is 8.15. The Bertz CT molecular complexity index is 581. The van der Waals surface area contributed by atoms with Crippen molar-refractivity contribution in [1.82, 2.24) is 15.5 Å². The van der Waals surface area contributed by atoms with Crippen molar-refractivity contribution in [3.63, 3.8) is 0 Å². The van der Waals surface area contributed by atoms with Crippen molar-refractivity contribution >= 4 is 17.8 Å². The first-order chi connectivity index (χ1) is 11.7. The molecule has 0 unspecified atom stereocenters. The number of methoxy groups -OCH3 is 1. The van der Waals surface area contributed by atoms with Crippen LogP contribution >= 0.6 is 0 Å². The van der Waals surface area contributed by atoms with Crippen molar-refractivity contribution in [3.8, 4) is 0 Å². The molecule has 1 aliphatic rings. The van der Waals surface area contributed by atoms with Gasteiger partial charge >= 0.3 is 0 Å². The third-order valence-corrected chi connectivity index (χ3v) is 3.63. The van der Waals surface area contributed by atoms with Crippen LogP contribution in [0, 0.1) is 0 Å². The quantitative estimate of drug-likeness (QED) is 0.319. The first-order valence-electron chi connectivity index (χ1n) is 8.15. The van der Waals surface area contributed by atoms with Crippen LogP contribution in [0.15, 0.2) is 29.3 Å². The van der Waals surface area contributed by atoms with E-state index in [9.17, 15) is 9.59 Å². The highest BCUT2D eigenvalue weighted by Gasteiger charge is 2.34. The van der Waals surface area contributed by atoms with Gasteiger partial charge in [0.15, 0.2) is 5.96 Å². The Morgan fingerprint density at radius 2 is 1.83 bits per heavy atom. The van der Waals surface area contributed by atoms with Crippen LogP contribution in [0.2, 0.25) is 0 Å². The number of rotatable bonds is 8. The Morgan fingerprint density at radius 1 is 1.17 bits per heavy atom. The number of hydrogen-bond acceptors (Lipinski definition) is 4. The molecule has 1 heterocycles. The number of aliphatic imine (C=N–C) groups is 1. The van der Waals surface area contributed by atoms with Crippen LogP contribution in [0.3, 0.4) is 0 Å². The van der Waals surface area contributed by atoms with Gasteiger partial charge in [-0.3, -0.25) is 19.5 Å². The van der Waals surface area contributed by atoms with E-state index in [0.29, 0.717) is 43.3 Å². The fourth-order valence-corrected chi connectivity index (χ4v) is 2.47. The molecule has 0 fully saturated rings. The molecular weight excluding hydrogens is 308 g/mol. The van der Waals surface area contributed by atoms with E-state index >= 15 is 0 Å². The van der Waals surface area contributed by atoms with Crippen molar-refractivity contribution in [1.29, 1.82) is 0 Å². The molecule has 1 aliphatic heterocycles. The molecule has 2 amide bonds. The van der Waals surface area contributed by atoms with E-state index < -0.39 is 0 Å². The van der Waals surface area contributed by atoms with Gasteiger partial charge in [0.25, 0.3) is 11.8 Å². The van der Waals surface area contributed by atoms with Gasteiger partial charge in [-0.15, -0.1) is 0 Å². The molecule has 1 aromatic rings. The molecular formula is C17H24N4O3. The lowest BCUT2D eigenvalue weighted by molar-refractivity contribution is 0.0657. The molecule has 1 aromatic carbocycles. The van der Waals surface area contributed by atoms with Gasteiger partial charge in [0, 0.05) is 39.9 Å². The van der Waals surface area contributed by atoms with Crippen molar-refractivity contribution in [2.75, 3.05) is 39.9 Å². The molecule has 0 saturated heterocycles. The van der Waals surface area contributed by atoms with Crippen LogP contribution in [0.4, 0.5) is 0 Å². The van der Waals surface area contributed by atoms with Gasteiger partial charge in [0.1, 0.15) is 0 Å². The predicted molar refractivity (Wildman–Crippen MR) is 92.3 cm³/mol. The van der Waals surface area contributed by atoms with Gasteiger partial charge in [-0.25, -0.2) is 0 Å². The van der Waals surface area contributed by atoms with E-state index in [-0.39, 0.29) is 11.8 Å². The average molecular weight is 332 g/mol. The SMILES string of the molecule is CCNC(=NCCCOC)NCCN1C(=O)c2ccccc2C1=O. The summed E-state index contributed by atoms with van der Waals surface area (Å²) in [6, 6.07) is 6.90. The highest BCUT2D eigenvalue weighted by molar-refractivity contribution is 6.21. The Labute approximate surface area is 142 Å². The number of nitrogens with one attached hydrogen (secondary N) is 2. The molecule has 0 aliphatic carbocycles. The van der Waals surface area contributed by atoms with Crippen LogP contribution in [-0.2, 0) is 4.74 Å². The highest BCUT2D eigenvalue weighted by atomic mass is 16.5. The molecule has 130 valence electrons. The second kappa shape index (κ2) is 9.02. The predicted octanol–water partition coefficient (Wildman–Crippen LogP) is 0.874. The van der Waals surface area contributed by atoms with E-state index in [1.807, 2.05) is 6.92 Å². The molecule has 0 aromatic heterocycles. The number of hydrogen-bond donors (Lipinski definition) is 2. The van der Waals surface area contributed by atoms with Crippen molar-refractivity contribution in [3.05, 3.63) is 35.4 Å². The van der Waals surface area contributed by atoms with Gasteiger partial charge in [-0.1, -0.05) is 12.1 Å². The van der Waals surface area contributed by atoms with Gasteiger partial charge < -0.3 is 15.4 Å². The number of imide groups is 1. The molecule has 0 bridgehead atoms. The number of nitrogens with zero attached hydrogens (tertiary/aromatic N) is 2. The third kappa shape index (κ3) is 4.32. The zero-order valence-electron chi connectivity index (χ0n) is 14.2. The molecule has 2 rings (SSSR count). The molecule has 0 atom stereocenters. The van der Waals surface area contributed by atoms with Crippen LogP contribution in [0.25, 0.3) is 0 Å². The number of carbonyl (C=O) groups excluding carboxylic acids is 2. The van der Waals surface area contributed by atoms with Crippen molar-refractivity contribution in [2.45, 2.75) is 13.3 Å². The maximum Gasteiger partial charge on any atom is 0.261 e. The summed E-state index contributed by atoms with van der Waals surface area (Å²) in [6.45, 7) is 4.78. The summed E-state index contributed by atoms with van der Waals surface area (Å²) in [5.41, 5.74) is 0.949. The van der Waals surface area contributed by atoms with Crippen LogP contribution in [-0.4, -0.2) is 62.6 Å². The number of guanidine groups is 1. The van der Waals surface area contributed by atoms with Crippen molar-refractivity contribution < 1.29 is 14.3 Å². The second-order valence-corrected chi connectivity index (χ2v) is 5.34. The summed E-state index contributed by atoms with van der Waals surface area (Å²) in [7, 11) is 1.66. The van der Waals surface area contributed by atoms with Gasteiger partial charge in [0.05, 0.1) is 11.1 Å². The van der Waals surface area contributed by atoms with Crippen LogP contribution in [0.5, 0.6) is 0 Å². The summed E-state index contributed by atoms with van der Waals surface area (Å²) < 4.78 is 4.99. The summed E-state index contributed by atoms with van der Waals surface area (Å²) in [5.74, 6) is 0.198. The fourth-order valence-electron chi connectivity index (χ4n) is 2.47. The van der Waals surface area contributed by atoms with E-state index in [2.05, 4.69) is 15.6 Å². The number of carbonyl (C=O) groups is 2. The topological polar surface area (TPSA) is 83.0 Å². The molecule has 2 N–H and O–H groups in total. The standard InChI is InChI=1S/C17H24N4O3/c1-3-18-17(19-9-6-12-24-2)20-10-11-21-15(22)13-7-4-5-8-14(13)16(21)23/h4-5,7-8H,3,6,9-12H2,1-2H3,(H2,18,19,20). The lowest BCUT2D eigenvalue weighted by Crippen LogP contribution is -2.43. The number of benzene rings is 1. The smallest absolute Gasteiger partial charge is 0.261 e. The monoisotopic (exact) mass is 332 g/mol. The Balaban J connectivity index is 1.86. The minimum absolute atomic E-state index is 0.237. The molecule has 0 radical (unpaired) electrons. The zero-order chi connectivity index (χ0) is 17.4. The largest absolute Gasteiger partial charge is 0.385 e. The van der Waals surface area contributed by atoms with Gasteiger partial charge in [-0.2, -0.15) is 0 Å². The second-order valence-electron chi connectivity index (χ2n) is 5.34. The maximum atomic E-state index is 12.3. The van der Waals surface area contributed by atoms with Crippen LogP contribution in [0.1, 0.15) is 34.1 Å². The number of fused-ring (bicyclic) bond motifs is 1. The highest BCUT2D eigenvalue weighted by Crippen LogP contribution is 2.21. The maximum absolute atomic E-state index is 12.3. The molecule has 0 spiro atoms. The Morgan fingerprint density at radius 3 is 2.42 bits per heavy atom. The van der Waals surface area contributed by atoms with Crippen LogP contribution < -0.4 is 10.6 Å². The first kappa shape index (κ1) is 17.9. The number of ether oxygens (including phenoxy) is 1. The molecule has 0 saturated carbocycles. The Hall–Kier alpha value is -2.41. The number of amides is 2. The van der Waals surface area contributed by atoms with E-state index in [4.69, 9.17) is 4.74 Å². The van der Waals surface area contributed by atoms with Crippen molar-refractivity contribution in [2.24, 2.45) is 4.99 Å². The average Bonchev–Trinajstić information content (AvgIpc) is 2.84. The normalized spacial score (nSPS) is 14.1.